The van der Waals surface area contributed by atoms with Crippen LogP contribution in [0.2, 0.25) is 0 Å². The molecule has 1 saturated heterocycles. The first-order valence-corrected chi connectivity index (χ1v) is 8.58. The number of nitrogens with one attached hydrogen (secondary N) is 2. The van der Waals surface area contributed by atoms with Crippen molar-refractivity contribution in [2.24, 2.45) is 10.2 Å². The van der Waals surface area contributed by atoms with Crippen molar-refractivity contribution in [3.8, 4) is 0 Å². The molecular weight excluding hydrogens is 331 g/mol. The molecule has 0 bridgehead atoms. The zero-order valence-electron chi connectivity index (χ0n) is 14.5. The predicted octanol–water partition coefficient (Wildman–Crippen LogP) is 3.43. The molecule has 0 aromatic heterocycles. The van der Waals surface area contributed by atoms with Gasteiger partial charge in [0.05, 0.1) is 0 Å². The summed E-state index contributed by atoms with van der Waals surface area (Å²) in [4.78, 5) is 2.41. The molecule has 3 rings (SSSR count). The average Bonchev–Trinajstić information content (AvgIpc) is 2.64. The Kier molecular flexibility index (Phi) is 6.81. The van der Waals surface area contributed by atoms with E-state index in [9.17, 15) is 13.2 Å². The summed E-state index contributed by atoms with van der Waals surface area (Å²) in [6, 6.07) is 7.61. The van der Waals surface area contributed by atoms with Crippen LogP contribution in [0.15, 0.2) is 34.5 Å². The first kappa shape index (κ1) is 19.2. The van der Waals surface area contributed by atoms with Gasteiger partial charge in [0.1, 0.15) is 0 Å². The number of amidine groups is 2. The molecule has 1 aromatic rings. The molecule has 25 heavy (non-hydrogen) atoms. The van der Waals surface area contributed by atoms with E-state index in [-0.39, 0.29) is 5.84 Å². The lowest BCUT2D eigenvalue weighted by Gasteiger charge is -2.26. The molecule has 0 atom stereocenters. The van der Waals surface area contributed by atoms with E-state index in [1.165, 1.54) is 24.8 Å². The average molecular weight is 355 g/mol. The second-order valence-corrected chi connectivity index (χ2v) is 5.68. The van der Waals surface area contributed by atoms with E-state index in [2.05, 4.69) is 20.5 Å². The van der Waals surface area contributed by atoms with Crippen molar-refractivity contribution in [3.05, 3.63) is 35.4 Å². The monoisotopic (exact) mass is 355 g/mol. The molecule has 0 saturated carbocycles. The number of alkyl halides is 3. The molecule has 8 heteroatoms. The quantitative estimate of drug-likeness (QED) is 0.873. The van der Waals surface area contributed by atoms with Crippen molar-refractivity contribution in [1.29, 1.82) is 0 Å². The standard InChI is InChI=1S/C15H18F3N5.C2H6/c16-15(17,18)14-21-19-13(20-22-14)12-6-4-11(5-7-12)10-23-8-2-1-3-9-23;1-2/h4-7H,1-3,8-10H2,(H,19,20)(H,21,22);1-2H3. The molecule has 2 heterocycles. The van der Waals surface area contributed by atoms with Crippen LogP contribution in [0.25, 0.3) is 0 Å². The van der Waals surface area contributed by atoms with E-state index in [0.29, 0.717) is 5.56 Å². The first-order chi connectivity index (χ1) is 12.0. The van der Waals surface area contributed by atoms with E-state index >= 15 is 0 Å². The summed E-state index contributed by atoms with van der Waals surface area (Å²) in [5.41, 5.74) is 6.13. The number of likely N-dealkylation sites (tertiary alicyclic amines) is 1. The lowest BCUT2D eigenvalue weighted by atomic mass is 10.1. The number of benzene rings is 1. The first-order valence-electron chi connectivity index (χ1n) is 8.58. The minimum Gasteiger partial charge on any atom is -0.299 e. The third kappa shape index (κ3) is 5.45. The predicted molar refractivity (Wildman–Crippen MR) is 93.2 cm³/mol. The van der Waals surface area contributed by atoms with Crippen LogP contribution in [0.5, 0.6) is 0 Å². The van der Waals surface area contributed by atoms with Gasteiger partial charge in [-0.1, -0.05) is 44.5 Å². The lowest BCUT2D eigenvalue weighted by molar-refractivity contribution is -0.0623. The highest BCUT2D eigenvalue weighted by Crippen LogP contribution is 2.17. The Bertz CT molecular complexity index is 602. The van der Waals surface area contributed by atoms with Crippen LogP contribution in [0.1, 0.15) is 44.2 Å². The zero-order valence-corrected chi connectivity index (χ0v) is 14.5. The van der Waals surface area contributed by atoms with Gasteiger partial charge in [0.25, 0.3) is 0 Å². The summed E-state index contributed by atoms with van der Waals surface area (Å²) in [6.45, 7) is 7.14. The van der Waals surface area contributed by atoms with Gasteiger partial charge in [0, 0.05) is 12.1 Å². The SMILES string of the molecule is CC.FC(F)(F)C1=NNC(c2ccc(CN3CCCCC3)cc2)=NN1. The normalized spacial score (nSPS) is 18.1. The zero-order chi connectivity index (χ0) is 18.3. The highest BCUT2D eigenvalue weighted by atomic mass is 19.4. The molecule has 138 valence electrons. The van der Waals surface area contributed by atoms with Crippen LogP contribution in [0, 0.1) is 0 Å². The van der Waals surface area contributed by atoms with Crippen molar-refractivity contribution in [2.45, 2.75) is 45.8 Å². The molecule has 0 unspecified atom stereocenters. The molecule has 0 aliphatic carbocycles. The largest absolute Gasteiger partial charge is 0.452 e. The fourth-order valence-electron chi connectivity index (χ4n) is 2.67. The van der Waals surface area contributed by atoms with Crippen molar-refractivity contribution in [3.63, 3.8) is 0 Å². The highest BCUT2D eigenvalue weighted by molar-refractivity contribution is 6.02. The van der Waals surface area contributed by atoms with Crippen LogP contribution < -0.4 is 10.9 Å². The van der Waals surface area contributed by atoms with Crippen molar-refractivity contribution in [2.75, 3.05) is 13.1 Å². The van der Waals surface area contributed by atoms with E-state index in [0.717, 1.165) is 19.6 Å². The van der Waals surface area contributed by atoms with Gasteiger partial charge in [-0.25, -0.2) is 0 Å². The summed E-state index contributed by atoms with van der Waals surface area (Å²) >= 11 is 0. The van der Waals surface area contributed by atoms with Gasteiger partial charge in [-0.05, 0) is 31.5 Å². The molecular formula is C17H24F3N5. The number of hydrogen-bond acceptors (Lipinski definition) is 5. The van der Waals surface area contributed by atoms with Crippen LogP contribution in [-0.2, 0) is 6.54 Å². The Hall–Kier alpha value is -2.09. The van der Waals surface area contributed by atoms with Crippen molar-refractivity contribution in [1.82, 2.24) is 15.8 Å². The number of piperidine rings is 1. The fourth-order valence-corrected chi connectivity index (χ4v) is 2.67. The molecule has 0 spiro atoms. The Balaban J connectivity index is 0.00000109. The topological polar surface area (TPSA) is 52.0 Å². The number of hydrazone groups is 2. The maximum absolute atomic E-state index is 12.4. The van der Waals surface area contributed by atoms with Gasteiger partial charge in [0.2, 0.25) is 5.84 Å². The third-order valence-electron chi connectivity index (χ3n) is 3.90. The van der Waals surface area contributed by atoms with Crippen LogP contribution >= 0.6 is 0 Å². The summed E-state index contributed by atoms with van der Waals surface area (Å²) in [7, 11) is 0. The van der Waals surface area contributed by atoms with Crippen LogP contribution in [0.3, 0.4) is 0 Å². The summed E-state index contributed by atoms with van der Waals surface area (Å²) in [5.74, 6) is -0.884. The van der Waals surface area contributed by atoms with Gasteiger partial charge >= 0.3 is 6.18 Å². The number of nitrogens with zero attached hydrogens (tertiary/aromatic N) is 3. The van der Waals surface area contributed by atoms with E-state index in [4.69, 9.17) is 0 Å². The molecule has 2 aliphatic heterocycles. The molecule has 0 amide bonds. The molecule has 1 aromatic carbocycles. The second kappa shape index (κ2) is 8.84. The van der Waals surface area contributed by atoms with Crippen LogP contribution in [-0.4, -0.2) is 35.8 Å². The lowest BCUT2D eigenvalue weighted by Crippen LogP contribution is -2.42. The van der Waals surface area contributed by atoms with Crippen molar-refractivity contribution < 1.29 is 13.2 Å². The van der Waals surface area contributed by atoms with Gasteiger partial charge < -0.3 is 0 Å². The maximum Gasteiger partial charge on any atom is 0.452 e. The minimum atomic E-state index is -4.54. The van der Waals surface area contributed by atoms with Gasteiger partial charge in [-0.15, -0.1) is 5.10 Å². The van der Waals surface area contributed by atoms with Gasteiger partial charge in [-0.2, -0.15) is 18.3 Å². The summed E-state index contributed by atoms with van der Waals surface area (Å²) in [6.07, 6.45) is -0.761. The number of rotatable bonds is 3. The number of halogens is 3. The van der Waals surface area contributed by atoms with E-state index in [1.54, 1.807) is 0 Å². The third-order valence-corrected chi connectivity index (χ3v) is 3.90. The van der Waals surface area contributed by atoms with E-state index < -0.39 is 12.0 Å². The molecule has 1 fully saturated rings. The second-order valence-electron chi connectivity index (χ2n) is 5.68. The Morgan fingerprint density at radius 3 is 2.12 bits per heavy atom. The number of hydrogen-bond donors (Lipinski definition) is 2. The van der Waals surface area contributed by atoms with E-state index in [1.807, 2.05) is 43.5 Å². The van der Waals surface area contributed by atoms with Gasteiger partial charge in [-0.3, -0.25) is 15.8 Å². The summed E-state index contributed by atoms with van der Waals surface area (Å²) in [5, 5.41) is 6.95. The Morgan fingerprint density at radius 1 is 0.960 bits per heavy atom. The van der Waals surface area contributed by atoms with Gasteiger partial charge in [0.15, 0.2) is 5.84 Å². The van der Waals surface area contributed by atoms with Crippen molar-refractivity contribution >= 4 is 11.7 Å². The molecule has 0 radical (unpaired) electrons. The molecule has 2 aliphatic rings. The smallest absolute Gasteiger partial charge is 0.299 e. The minimum absolute atomic E-state index is 0.266. The summed E-state index contributed by atoms with van der Waals surface area (Å²) < 4.78 is 37.3. The maximum atomic E-state index is 12.4. The highest BCUT2D eigenvalue weighted by Gasteiger charge is 2.37. The Morgan fingerprint density at radius 2 is 1.60 bits per heavy atom. The molecule has 2 N–H and O–H groups in total. The fraction of sp³-hybridized carbons (Fsp3) is 0.529. The molecule has 5 nitrogen and oxygen atoms in total. The Labute approximate surface area is 146 Å². The van der Waals surface area contributed by atoms with Crippen LogP contribution in [0.4, 0.5) is 13.2 Å².